The lowest BCUT2D eigenvalue weighted by molar-refractivity contribution is -0.131. The first-order valence-electron chi connectivity index (χ1n) is 11.9. The van der Waals surface area contributed by atoms with Crippen molar-refractivity contribution in [3.8, 4) is 5.75 Å². The summed E-state index contributed by atoms with van der Waals surface area (Å²) in [7, 11) is 0. The first-order chi connectivity index (χ1) is 16.4. The number of benzene rings is 2. The van der Waals surface area contributed by atoms with Crippen LogP contribution in [0.15, 0.2) is 47.6 Å². The summed E-state index contributed by atoms with van der Waals surface area (Å²) in [6.45, 7) is 5.57. The molecule has 0 bridgehead atoms. The fraction of sp³-hybridized carbons (Fsp3) is 0.370. The number of nitrogens with one attached hydrogen (secondary N) is 3. The Morgan fingerprint density at radius 1 is 1.12 bits per heavy atom. The van der Waals surface area contributed by atoms with Gasteiger partial charge in [-0.1, -0.05) is 38.1 Å². The van der Waals surface area contributed by atoms with Gasteiger partial charge in [0.1, 0.15) is 11.8 Å². The van der Waals surface area contributed by atoms with Gasteiger partial charge in [-0.2, -0.15) is 5.10 Å². The van der Waals surface area contributed by atoms with E-state index in [4.69, 9.17) is 4.74 Å². The van der Waals surface area contributed by atoms with Crippen molar-refractivity contribution in [3.05, 3.63) is 64.8 Å². The lowest BCUT2D eigenvalue weighted by Crippen LogP contribution is -2.49. The molecule has 178 valence electrons. The van der Waals surface area contributed by atoms with E-state index in [1.54, 1.807) is 6.21 Å². The lowest BCUT2D eigenvalue weighted by atomic mass is 9.92. The number of aromatic nitrogens is 1. The number of hydrogen-bond donors (Lipinski definition) is 3. The van der Waals surface area contributed by atoms with Crippen LogP contribution in [0.2, 0.25) is 0 Å². The highest BCUT2D eigenvalue weighted by atomic mass is 16.5. The maximum atomic E-state index is 12.7. The van der Waals surface area contributed by atoms with E-state index < -0.39 is 6.04 Å². The van der Waals surface area contributed by atoms with E-state index in [0.29, 0.717) is 5.75 Å². The zero-order valence-electron chi connectivity index (χ0n) is 20.0. The molecule has 2 amide bonds. The average Bonchev–Trinajstić information content (AvgIpc) is 3.15. The molecule has 3 aromatic rings. The summed E-state index contributed by atoms with van der Waals surface area (Å²) in [6, 6.07) is 13.2. The van der Waals surface area contributed by atoms with Gasteiger partial charge < -0.3 is 15.0 Å². The predicted molar refractivity (Wildman–Crippen MR) is 134 cm³/mol. The van der Waals surface area contributed by atoms with Crippen molar-refractivity contribution >= 4 is 28.9 Å². The van der Waals surface area contributed by atoms with E-state index in [2.05, 4.69) is 26.9 Å². The van der Waals surface area contributed by atoms with Gasteiger partial charge in [-0.15, -0.1) is 0 Å². The Morgan fingerprint density at radius 2 is 1.88 bits per heavy atom. The minimum atomic E-state index is -0.721. The van der Waals surface area contributed by atoms with E-state index >= 15 is 0 Å². The third-order valence-electron chi connectivity index (χ3n) is 6.27. The molecular weight excluding hydrogens is 428 g/mol. The molecule has 0 saturated heterocycles. The molecule has 0 fully saturated rings. The van der Waals surface area contributed by atoms with Gasteiger partial charge in [-0.25, -0.2) is 5.43 Å². The van der Waals surface area contributed by atoms with Crippen molar-refractivity contribution in [2.45, 2.75) is 52.5 Å². The SMILES string of the molecule is Cc1[nH]c2ccccc2c1/C=N\NC(=O)[C@@H](NC(=O)COc1ccc2c(c1)CCCC2)C(C)C. The van der Waals surface area contributed by atoms with Gasteiger partial charge in [-0.3, -0.25) is 9.59 Å². The fourth-order valence-corrected chi connectivity index (χ4v) is 4.39. The summed E-state index contributed by atoms with van der Waals surface area (Å²) in [5, 5.41) is 7.95. The third-order valence-corrected chi connectivity index (χ3v) is 6.27. The largest absolute Gasteiger partial charge is 0.484 e. The van der Waals surface area contributed by atoms with Crippen LogP contribution in [0.3, 0.4) is 0 Å². The summed E-state index contributed by atoms with van der Waals surface area (Å²) in [5.41, 5.74) is 8.12. The van der Waals surface area contributed by atoms with Gasteiger partial charge >= 0.3 is 0 Å². The number of ether oxygens (including phenoxy) is 1. The van der Waals surface area contributed by atoms with Crippen LogP contribution in [-0.2, 0) is 22.4 Å². The summed E-state index contributed by atoms with van der Waals surface area (Å²) in [4.78, 5) is 28.6. The van der Waals surface area contributed by atoms with Gasteiger partial charge in [0.05, 0.1) is 6.21 Å². The molecule has 1 atom stereocenters. The molecule has 0 unspecified atom stereocenters. The summed E-state index contributed by atoms with van der Waals surface area (Å²) in [5.74, 6) is -0.147. The van der Waals surface area contributed by atoms with Crippen LogP contribution < -0.4 is 15.5 Å². The van der Waals surface area contributed by atoms with Gasteiger partial charge in [0.2, 0.25) is 0 Å². The second-order valence-electron chi connectivity index (χ2n) is 9.16. The quantitative estimate of drug-likeness (QED) is 0.350. The Balaban J connectivity index is 1.33. The van der Waals surface area contributed by atoms with Crippen molar-refractivity contribution in [1.82, 2.24) is 15.7 Å². The number of nitrogens with zero attached hydrogens (tertiary/aromatic N) is 1. The zero-order chi connectivity index (χ0) is 24.1. The van der Waals surface area contributed by atoms with Crippen LogP contribution in [0.4, 0.5) is 0 Å². The molecule has 34 heavy (non-hydrogen) atoms. The van der Waals surface area contributed by atoms with Crippen LogP contribution >= 0.6 is 0 Å². The molecule has 1 aromatic heterocycles. The fourth-order valence-electron chi connectivity index (χ4n) is 4.39. The van der Waals surface area contributed by atoms with E-state index in [0.717, 1.165) is 35.0 Å². The first kappa shape index (κ1) is 23.5. The van der Waals surface area contributed by atoms with Crippen molar-refractivity contribution in [1.29, 1.82) is 0 Å². The molecule has 1 aliphatic carbocycles. The second kappa shape index (κ2) is 10.5. The monoisotopic (exact) mass is 460 g/mol. The first-order valence-corrected chi connectivity index (χ1v) is 11.9. The van der Waals surface area contributed by atoms with E-state index in [1.807, 2.05) is 57.2 Å². The van der Waals surface area contributed by atoms with Crippen molar-refractivity contribution < 1.29 is 14.3 Å². The van der Waals surface area contributed by atoms with Crippen LogP contribution in [0, 0.1) is 12.8 Å². The molecular formula is C27H32N4O3. The number of amides is 2. The topological polar surface area (TPSA) is 95.6 Å². The molecule has 0 spiro atoms. The van der Waals surface area contributed by atoms with Gasteiger partial charge in [0.25, 0.3) is 11.8 Å². The van der Waals surface area contributed by atoms with E-state index in [-0.39, 0.29) is 24.3 Å². The number of rotatable bonds is 8. The maximum absolute atomic E-state index is 12.7. The Morgan fingerprint density at radius 3 is 2.68 bits per heavy atom. The predicted octanol–water partition coefficient (Wildman–Crippen LogP) is 4.03. The maximum Gasteiger partial charge on any atom is 0.262 e. The minimum absolute atomic E-state index is 0.113. The highest BCUT2D eigenvalue weighted by Gasteiger charge is 2.24. The highest BCUT2D eigenvalue weighted by molar-refractivity contribution is 6.01. The molecule has 7 nitrogen and oxygen atoms in total. The Kier molecular flexibility index (Phi) is 7.30. The summed E-state index contributed by atoms with van der Waals surface area (Å²) < 4.78 is 5.70. The zero-order valence-corrected chi connectivity index (χ0v) is 20.0. The van der Waals surface area contributed by atoms with Gasteiger partial charge in [0.15, 0.2) is 6.61 Å². The standard InChI is InChI=1S/C27H32N4O3/c1-17(2)26(27(33)31-28-15-23-18(3)29-24-11-7-6-10-22(23)24)30-25(32)16-34-21-13-12-19-8-4-5-9-20(19)14-21/h6-7,10-15,17,26,29H,4-5,8-9,16H2,1-3H3,(H,30,32)(H,31,33)/b28-15-/t26-/m0/s1. The lowest BCUT2D eigenvalue weighted by Gasteiger charge is -2.21. The number of hydrazone groups is 1. The number of para-hydroxylation sites is 1. The van der Waals surface area contributed by atoms with Gasteiger partial charge in [-0.05, 0) is 67.9 Å². The molecule has 4 rings (SSSR count). The molecule has 0 radical (unpaired) electrons. The van der Waals surface area contributed by atoms with Crippen molar-refractivity contribution in [3.63, 3.8) is 0 Å². The summed E-state index contributed by atoms with van der Waals surface area (Å²) in [6.07, 6.45) is 6.19. The molecule has 1 aliphatic rings. The van der Waals surface area contributed by atoms with Crippen LogP contribution in [0.25, 0.3) is 10.9 Å². The van der Waals surface area contributed by atoms with E-state index in [1.165, 1.54) is 24.0 Å². The Bertz CT molecular complexity index is 1210. The average molecular weight is 461 g/mol. The molecule has 3 N–H and O–H groups in total. The molecule has 2 aromatic carbocycles. The number of H-pyrrole nitrogens is 1. The molecule has 0 aliphatic heterocycles. The molecule has 7 heteroatoms. The number of aryl methyl sites for hydroxylation is 3. The van der Waals surface area contributed by atoms with Crippen LogP contribution in [0.5, 0.6) is 5.75 Å². The molecule has 1 heterocycles. The summed E-state index contributed by atoms with van der Waals surface area (Å²) >= 11 is 0. The molecule has 0 saturated carbocycles. The van der Waals surface area contributed by atoms with Crippen molar-refractivity contribution in [2.24, 2.45) is 11.0 Å². The van der Waals surface area contributed by atoms with Crippen LogP contribution in [-0.4, -0.2) is 35.7 Å². The highest BCUT2D eigenvalue weighted by Crippen LogP contribution is 2.25. The Labute approximate surface area is 200 Å². The second-order valence-corrected chi connectivity index (χ2v) is 9.16. The normalized spacial score (nSPS) is 14.2. The van der Waals surface area contributed by atoms with Crippen molar-refractivity contribution in [2.75, 3.05) is 6.61 Å². The number of hydrogen-bond acceptors (Lipinski definition) is 4. The number of fused-ring (bicyclic) bond motifs is 2. The Hall–Kier alpha value is -3.61. The minimum Gasteiger partial charge on any atom is -0.484 e. The third kappa shape index (κ3) is 5.47. The van der Waals surface area contributed by atoms with Gasteiger partial charge in [0, 0.05) is 22.2 Å². The smallest absolute Gasteiger partial charge is 0.262 e. The number of carbonyl (C=O) groups is 2. The van der Waals surface area contributed by atoms with Crippen LogP contribution in [0.1, 0.15) is 49.1 Å². The number of carbonyl (C=O) groups excluding carboxylic acids is 2. The van der Waals surface area contributed by atoms with E-state index in [9.17, 15) is 9.59 Å². The number of aromatic amines is 1.